The zero-order chi connectivity index (χ0) is 39.4. The molecule has 0 aromatic heterocycles. The van der Waals surface area contributed by atoms with Gasteiger partial charge in [-0.2, -0.15) is 0 Å². The molecular weight excluding hydrogens is 782 g/mol. The summed E-state index contributed by atoms with van der Waals surface area (Å²) in [7, 11) is 0. The van der Waals surface area contributed by atoms with Crippen molar-refractivity contribution < 1.29 is 23.9 Å². The van der Waals surface area contributed by atoms with Crippen LogP contribution in [0.5, 0.6) is 0 Å². The summed E-state index contributed by atoms with van der Waals surface area (Å²) < 4.78 is 5.38. The summed E-state index contributed by atoms with van der Waals surface area (Å²) in [5.41, 5.74) is 8.44. The molecule has 8 rings (SSSR count). The van der Waals surface area contributed by atoms with Crippen molar-refractivity contribution in [3.05, 3.63) is 116 Å². The van der Waals surface area contributed by atoms with Gasteiger partial charge in [-0.25, -0.2) is 20.0 Å². The minimum absolute atomic E-state index is 0.319. The molecule has 4 aromatic rings. The van der Waals surface area contributed by atoms with Gasteiger partial charge in [-0.1, -0.05) is 94.9 Å². The van der Waals surface area contributed by atoms with Gasteiger partial charge >= 0.3 is 0 Å². The first-order valence-electron chi connectivity index (χ1n) is 18.2. The standard InChI is InChI=1S/C21H20Cl2N2O3.C21H20Cl2N2O2/c1-13-11-16(15-3-5-17(22)6-4-15)12-14(2)18(13)21(23)19(26)24-7-9-28-10-8-25(24)20(21)27;1-13-11-16(15-5-7-17(22)8-6-15)12-14(2)18(13)21(23)19(26)24-9-3-4-10-25(24)20(21)27/h3-6,11-12H,7-10H2,1-2H3;5-8,11-12H,3-4,9-10H2,1-2H3. The molecule has 0 saturated carbocycles. The number of ether oxygens (including phenoxy) is 1. The van der Waals surface area contributed by atoms with Gasteiger partial charge in [-0.15, -0.1) is 0 Å². The smallest absolute Gasteiger partial charge is 0.276 e. The number of amides is 4. The van der Waals surface area contributed by atoms with Crippen LogP contribution in [0, 0.1) is 27.7 Å². The number of rotatable bonds is 4. The monoisotopic (exact) mass is 820 g/mol. The maximum Gasteiger partial charge on any atom is 0.276 e. The van der Waals surface area contributed by atoms with Crippen LogP contribution in [0.2, 0.25) is 10.0 Å². The Morgan fingerprint density at radius 1 is 0.473 bits per heavy atom. The molecular formula is C42H40Cl4N4O5. The van der Waals surface area contributed by atoms with Gasteiger partial charge in [-0.05, 0) is 120 Å². The Labute approximate surface area is 340 Å². The van der Waals surface area contributed by atoms with E-state index in [1.165, 1.54) is 20.0 Å². The van der Waals surface area contributed by atoms with Crippen molar-refractivity contribution in [2.75, 3.05) is 39.4 Å². The van der Waals surface area contributed by atoms with Crippen LogP contribution in [0.1, 0.15) is 46.2 Å². The number of nitrogens with zero attached hydrogens (tertiary/aromatic N) is 4. The SMILES string of the molecule is Cc1cc(-c2ccc(Cl)cc2)cc(C)c1C1(Cl)C(=O)N2CCCCN2C1=O.Cc1cc(-c2ccc(Cl)cc2)cc(C)c1C1(Cl)C(=O)N2CCOCCN2C1=O. The molecule has 4 aliphatic heterocycles. The van der Waals surface area contributed by atoms with E-state index in [2.05, 4.69) is 0 Å². The molecule has 0 atom stereocenters. The Morgan fingerprint density at radius 3 is 1.07 bits per heavy atom. The molecule has 4 heterocycles. The van der Waals surface area contributed by atoms with Crippen LogP contribution >= 0.6 is 46.4 Å². The second kappa shape index (κ2) is 15.1. The number of alkyl halides is 2. The Morgan fingerprint density at radius 2 is 0.764 bits per heavy atom. The molecule has 4 fully saturated rings. The first kappa shape index (κ1) is 39.1. The van der Waals surface area contributed by atoms with Crippen LogP contribution in [0.3, 0.4) is 0 Å². The van der Waals surface area contributed by atoms with Crippen LogP contribution in [-0.4, -0.2) is 83.1 Å². The van der Waals surface area contributed by atoms with Crippen molar-refractivity contribution >= 4 is 70.0 Å². The van der Waals surface area contributed by atoms with E-state index in [1.54, 1.807) is 0 Å². The molecule has 4 amide bonds. The van der Waals surface area contributed by atoms with E-state index in [0.717, 1.165) is 57.3 Å². The summed E-state index contributed by atoms with van der Waals surface area (Å²) in [5, 5.41) is 7.23. The molecule has 9 nitrogen and oxygen atoms in total. The average molecular weight is 823 g/mol. The Kier molecular flexibility index (Phi) is 10.7. The van der Waals surface area contributed by atoms with Crippen molar-refractivity contribution in [3.8, 4) is 22.3 Å². The quantitative estimate of drug-likeness (QED) is 0.153. The molecule has 55 heavy (non-hydrogen) atoms. The van der Waals surface area contributed by atoms with Gasteiger partial charge in [0.15, 0.2) is 0 Å². The van der Waals surface area contributed by atoms with Crippen molar-refractivity contribution in [1.82, 2.24) is 20.0 Å². The number of hydrogen-bond acceptors (Lipinski definition) is 5. The van der Waals surface area contributed by atoms with Gasteiger partial charge < -0.3 is 4.74 Å². The Hall–Kier alpha value is -4.12. The van der Waals surface area contributed by atoms with Crippen molar-refractivity contribution in [1.29, 1.82) is 0 Å². The molecule has 13 heteroatoms. The van der Waals surface area contributed by atoms with Crippen LogP contribution in [0.15, 0.2) is 72.8 Å². The summed E-state index contributed by atoms with van der Waals surface area (Å²) in [6.45, 7) is 10.1. The van der Waals surface area contributed by atoms with E-state index in [0.29, 0.717) is 60.6 Å². The predicted molar refractivity (Wildman–Crippen MR) is 215 cm³/mol. The third kappa shape index (κ3) is 6.68. The molecule has 0 unspecified atom stereocenters. The first-order chi connectivity index (χ1) is 26.2. The van der Waals surface area contributed by atoms with Crippen LogP contribution in [0.4, 0.5) is 0 Å². The molecule has 4 aliphatic rings. The third-order valence-electron chi connectivity index (χ3n) is 10.7. The fourth-order valence-corrected chi connectivity index (χ4v) is 9.45. The van der Waals surface area contributed by atoms with Gasteiger partial charge in [-0.3, -0.25) is 19.2 Å². The number of hydrogen-bond donors (Lipinski definition) is 0. The van der Waals surface area contributed by atoms with Crippen molar-refractivity contribution in [3.63, 3.8) is 0 Å². The summed E-state index contributed by atoms with van der Waals surface area (Å²) in [4.78, 5) is 49.1. The highest BCUT2D eigenvalue weighted by molar-refractivity contribution is 6.48. The fourth-order valence-electron chi connectivity index (χ4n) is 8.21. The van der Waals surface area contributed by atoms with Crippen LogP contribution < -0.4 is 0 Å². The highest BCUT2D eigenvalue weighted by Gasteiger charge is 2.61. The normalized spacial score (nSPS) is 18.9. The lowest BCUT2D eigenvalue weighted by molar-refractivity contribution is -0.150. The summed E-state index contributed by atoms with van der Waals surface area (Å²) >= 11 is 25.6. The second-order valence-electron chi connectivity index (χ2n) is 14.3. The zero-order valence-corrected chi connectivity index (χ0v) is 34.0. The third-order valence-corrected chi connectivity index (χ3v) is 12.2. The highest BCUT2D eigenvalue weighted by atomic mass is 35.5. The lowest BCUT2D eigenvalue weighted by Gasteiger charge is -2.31. The van der Waals surface area contributed by atoms with E-state index < -0.39 is 21.6 Å². The second-order valence-corrected chi connectivity index (χ2v) is 16.3. The summed E-state index contributed by atoms with van der Waals surface area (Å²) in [6.07, 6.45) is 1.77. The highest BCUT2D eigenvalue weighted by Crippen LogP contribution is 2.46. The number of benzene rings is 4. The lowest BCUT2D eigenvalue weighted by atomic mass is 9.86. The summed E-state index contributed by atoms with van der Waals surface area (Å²) in [6, 6.07) is 23.0. The minimum atomic E-state index is -1.73. The molecule has 4 aromatic carbocycles. The average Bonchev–Trinajstić information content (AvgIpc) is 3.33. The van der Waals surface area contributed by atoms with Gasteiger partial charge in [0.05, 0.1) is 26.3 Å². The number of fused-ring (bicyclic) bond motifs is 2. The van der Waals surface area contributed by atoms with E-state index >= 15 is 0 Å². The van der Waals surface area contributed by atoms with Crippen LogP contribution in [0.25, 0.3) is 22.3 Å². The maximum absolute atomic E-state index is 13.2. The van der Waals surface area contributed by atoms with E-state index in [4.69, 9.17) is 51.1 Å². The summed E-state index contributed by atoms with van der Waals surface area (Å²) in [5.74, 6) is -1.48. The fraction of sp³-hybridized carbons (Fsp3) is 0.333. The molecule has 0 bridgehead atoms. The van der Waals surface area contributed by atoms with Gasteiger partial charge in [0, 0.05) is 23.1 Å². The van der Waals surface area contributed by atoms with Crippen LogP contribution in [-0.2, 0) is 33.7 Å². The van der Waals surface area contributed by atoms with E-state index in [1.807, 2.05) is 100 Å². The maximum atomic E-state index is 13.2. The number of halogens is 4. The number of aryl methyl sites for hydroxylation is 4. The van der Waals surface area contributed by atoms with E-state index in [9.17, 15) is 19.2 Å². The topological polar surface area (TPSA) is 90.5 Å². The molecule has 286 valence electrons. The molecule has 0 spiro atoms. The number of carbonyl (C=O) groups excluding carboxylic acids is 4. The Bertz CT molecular complexity index is 2120. The zero-order valence-electron chi connectivity index (χ0n) is 30.9. The van der Waals surface area contributed by atoms with Gasteiger partial charge in [0.25, 0.3) is 23.6 Å². The van der Waals surface area contributed by atoms with E-state index in [-0.39, 0.29) is 11.8 Å². The Balaban J connectivity index is 0.000000169. The van der Waals surface area contributed by atoms with Gasteiger partial charge in [0.1, 0.15) is 0 Å². The number of hydrazine groups is 2. The lowest BCUT2D eigenvalue weighted by Crippen LogP contribution is -2.45. The largest absolute Gasteiger partial charge is 0.378 e. The minimum Gasteiger partial charge on any atom is -0.378 e. The van der Waals surface area contributed by atoms with Crippen molar-refractivity contribution in [2.45, 2.75) is 50.3 Å². The predicted octanol–water partition coefficient (Wildman–Crippen LogP) is 8.11. The first-order valence-corrected chi connectivity index (χ1v) is 19.7. The molecule has 0 aliphatic carbocycles. The molecule has 0 radical (unpaired) electrons. The molecule has 4 saturated heterocycles. The number of carbonyl (C=O) groups is 4. The molecule has 0 N–H and O–H groups in total. The van der Waals surface area contributed by atoms with Crippen molar-refractivity contribution in [2.24, 2.45) is 0 Å². The van der Waals surface area contributed by atoms with Gasteiger partial charge in [0.2, 0.25) is 9.75 Å².